The Balaban J connectivity index is -0.0000000800. The topological polar surface area (TPSA) is 242 Å². The molecule has 0 amide bonds. The van der Waals surface area contributed by atoms with Gasteiger partial charge in [-0.15, -0.1) is 0 Å². The third kappa shape index (κ3) is 21.7. The Morgan fingerprint density at radius 3 is 0.600 bits per heavy atom. The van der Waals surface area contributed by atoms with Gasteiger partial charge in [-0.05, 0) is 0 Å². The molecule has 0 rings (SSSR count). The molecular formula is C10H24Na2O12S. The predicted octanol–water partition coefficient (Wildman–Crippen LogP) is -11.4. The summed E-state index contributed by atoms with van der Waals surface area (Å²) in [7, 11) is -5.17. The van der Waals surface area contributed by atoms with Crippen molar-refractivity contribution < 1.29 is 117 Å². The standard InChI is InChI=1S/2C5H12O4.2Na.H2O4S/c2*6-1-5(2-7,3-8)4-9;;;1-5(2,3)4/h2*6-9H,1-4H2;;;(H2,1,2,3,4)/q;;2*+1;/p-2. The van der Waals surface area contributed by atoms with Crippen LogP contribution in [0.3, 0.4) is 0 Å². The fourth-order valence-corrected chi connectivity index (χ4v) is 0.600. The Kier molecular flexibility index (Phi) is 30.3. The maximum absolute atomic E-state index is 8.52. The molecule has 0 radical (unpaired) electrons. The van der Waals surface area contributed by atoms with Gasteiger partial charge in [-0.1, -0.05) is 0 Å². The van der Waals surface area contributed by atoms with E-state index < -0.39 is 74.1 Å². The molecule has 0 aliphatic rings. The molecule has 0 atom stereocenters. The summed E-state index contributed by atoms with van der Waals surface area (Å²) in [5.74, 6) is 0. The van der Waals surface area contributed by atoms with Crippen LogP contribution in [0.1, 0.15) is 0 Å². The molecule has 0 spiro atoms. The van der Waals surface area contributed by atoms with E-state index in [1.807, 2.05) is 0 Å². The summed E-state index contributed by atoms with van der Waals surface area (Å²) in [4.78, 5) is 0. The van der Waals surface area contributed by atoms with Gasteiger partial charge >= 0.3 is 59.1 Å². The van der Waals surface area contributed by atoms with Crippen LogP contribution in [0.25, 0.3) is 0 Å². The quantitative estimate of drug-likeness (QED) is 0.105. The maximum Gasteiger partial charge on any atom is 1.00 e. The summed E-state index contributed by atoms with van der Waals surface area (Å²) in [6.07, 6.45) is 0. The zero-order valence-electron chi connectivity index (χ0n) is 14.3. The first-order chi connectivity index (χ1) is 10.5. The second-order valence-electron chi connectivity index (χ2n) is 4.67. The molecule has 0 aliphatic heterocycles. The van der Waals surface area contributed by atoms with E-state index >= 15 is 0 Å². The molecule has 0 aliphatic carbocycles. The van der Waals surface area contributed by atoms with Crippen LogP contribution in [0.15, 0.2) is 0 Å². The van der Waals surface area contributed by atoms with E-state index in [2.05, 4.69) is 0 Å². The smallest absolute Gasteiger partial charge is 0.759 e. The predicted molar refractivity (Wildman–Crippen MR) is 72.0 cm³/mol. The fraction of sp³-hybridized carbons (Fsp3) is 1.00. The van der Waals surface area contributed by atoms with Gasteiger partial charge in [-0.3, -0.25) is 8.42 Å². The third-order valence-corrected chi connectivity index (χ3v) is 2.68. The Hall–Kier alpha value is 1.55. The summed E-state index contributed by atoms with van der Waals surface area (Å²) < 4.78 is 34.1. The summed E-state index contributed by atoms with van der Waals surface area (Å²) >= 11 is 0. The van der Waals surface area contributed by atoms with Gasteiger partial charge in [0.1, 0.15) is 0 Å². The van der Waals surface area contributed by atoms with Crippen molar-refractivity contribution in [3.8, 4) is 0 Å². The van der Waals surface area contributed by atoms with Gasteiger partial charge in [-0.25, -0.2) is 0 Å². The maximum atomic E-state index is 8.52. The molecule has 8 N–H and O–H groups in total. The van der Waals surface area contributed by atoms with Crippen LogP contribution in [-0.4, -0.2) is 111 Å². The Morgan fingerprint density at radius 1 is 0.520 bits per heavy atom. The third-order valence-electron chi connectivity index (χ3n) is 2.68. The average Bonchev–Trinajstić information content (AvgIpc) is 2.52. The minimum Gasteiger partial charge on any atom is -0.759 e. The van der Waals surface area contributed by atoms with Crippen LogP contribution in [-0.2, 0) is 10.4 Å². The van der Waals surface area contributed by atoms with Crippen molar-refractivity contribution in [3.05, 3.63) is 0 Å². The molecule has 0 heterocycles. The first-order valence-electron chi connectivity index (χ1n) is 6.02. The number of rotatable bonds is 8. The normalized spacial score (nSPS) is 11.0. The van der Waals surface area contributed by atoms with Gasteiger partial charge in [0.15, 0.2) is 0 Å². The molecule has 0 aromatic rings. The zero-order chi connectivity index (χ0) is 19.2. The minimum atomic E-state index is -5.17. The molecular weight excluding hydrogens is 390 g/mol. The summed E-state index contributed by atoms with van der Waals surface area (Å²) in [6, 6.07) is 0. The van der Waals surface area contributed by atoms with E-state index in [9.17, 15) is 0 Å². The molecule has 0 aromatic carbocycles. The van der Waals surface area contributed by atoms with Crippen molar-refractivity contribution in [2.75, 3.05) is 52.9 Å². The number of hydrogen-bond acceptors (Lipinski definition) is 12. The molecule has 0 bridgehead atoms. The van der Waals surface area contributed by atoms with Crippen molar-refractivity contribution >= 4 is 10.4 Å². The monoisotopic (exact) mass is 414 g/mol. The molecule has 0 saturated carbocycles. The summed E-state index contributed by atoms with van der Waals surface area (Å²) in [6.45, 7) is -3.25. The van der Waals surface area contributed by atoms with Crippen LogP contribution in [0.5, 0.6) is 0 Å². The summed E-state index contributed by atoms with van der Waals surface area (Å²) in [5.41, 5.74) is -2.22. The molecule has 15 heteroatoms. The van der Waals surface area contributed by atoms with Crippen molar-refractivity contribution in [1.29, 1.82) is 0 Å². The molecule has 0 saturated heterocycles. The first-order valence-corrected chi connectivity index (χ1v) is 7.36. The van der Waals surface area contributed by atoms with E-state index in [1.165, 1.54) is 0 Å². The van der Waals surface area contributed by atoms with Crippen LogP contribution < -0.4 is 59.1 Å². The van der Waals surface area contributed by atoms with E-state index in [1.54, 1.807) is 0 Å². The van der Waals surface area contributed by atoms with E-state index in [4.69, 9.17) is 58.4 Å². The van der Waals surface area contributed by atoms with Crippen LogP contribution in [0.2, 0.25) is 0 Å². The van der Waals surface area contributed by atoms with Gasteiger partial charge in [0.25, 0.3) is 0 Å². The number of hydrogen-bond donors (Lipinski definition) is 8. The number of aliphatic hydroxyl groups is 8. The first kappa shape index (κ1) is 37.3. The minimum absolute atomic E-state index is 0. The van der Waals surface area contributed by atoms with Gasteiger partial charge < -0.3 is 50.0 Å². The van der Waals surface area contributed by atoms with Crippen LogP contribution in [0.4, 0.5) is 0 Å². The Bertz CT molecular complexity index is 296. The molecule has 12 nitrogen and oxygen atoms in total. The SMILES string of the molecule is O=S(=O)([O-])[O-].OCC(CO)(CO)CO.OCC(CO)(CO)CO.[Na+].[Na+]. The van der Waals surface area contributed by atoms with Gasteiger partial charge in [-0.2, -0.15) is 0 Å². The Morgan fingerprint density at radius 2 is 0.600 bits per heavy atom. The van der Waals surface area contributed by atoms with E-state index in [0.29, 0.717) is 0 Å². The van der Waals surface area contributed by atoms with Gasteiger partial charge in [0.2, 0.25) is 0 Å². The zero-order valence-corrected chi connectivity index (χ0v) is 19.1. The van der Waals surface area contributed by atoms with Crippen LogP contribution >= 0.6 is 0 Å². The second-order valence-corrected chi connectivity index (χ2v) is 5.49. The number of aliphatic hydroxyl groups excluding tert-OH is 8. The van der Waals surface area contributed by atoms with Gasteiger partial charge in [0.05, 0.1) is 63.7 Å². The van der Waals surface area contributed by atoms with Gasteiger partial charge in [0, 0.05) is 10.4 Å². The molecule has 0 unspecified atom stereocenters. The Labute approximate surface area is 190 Å². The van der Waals surface area contributed by atoms with Crippen molar-refractivity contribution in [1.82, 2.24) is 0 Å². The van der Waals surface area contributed by atoms with Crippen molar-refractivity contribution in [2.45, 2.75) is 0 Å². The molecule has 0 aromatic heterocycles. The largest absolute Gasteiger partial charge is 1.00 e. The average molecular weight is 414 g/mol. The fourth-order valence-electron chi connectivity index (χ4n) is 0.600. The summed E-state index contributed by atoms with van der Waals surface area (Å²) in [5, 5.41) is 68.0. The van der Waals surface area contributed by atoms with E-state index in [0.717, 1.165) is 0 Å². The van der Waals surface area contributed by atoms with Crippen molar-refractivity contribution in [3.63, 3.8) is 0 Å². The molecule has 144 valence electrons. The van der Waals surface area contributed by atoms with Crippen molar-refractivity contribution in [2.24, 2.45) is 10.8 Å². The van der Waals surface area contributed by atoms with Crippen LogP contribution in [0, 0.1) is 10.8 Å². The second kappa shape index (κ2) is 20.3. The molecule has 25 heavy (non-hydrogen) atoms. The molecule has 0 fully saturated rings. The van der Waals surface area contributed by atoms with E-state index in [-0.39, 0.29) is 59.1 Å².